The number of halogens is 3. The van der Waals surface area contributed by atoms with Gasteiger partial charge in [0.2, 0.25) is 0 Å². The second-order valence-corrected chi connectivity index (χ2v) is 7.44. The van der Waals surface area contributed by atoms with E-state index in [0.717, 1.165) is 12.9 Å². The minimum Gasteiger partial charge on any atom is -0.329 e. The zero-order valence-electron chi connectivity index (χ0n) is 18.5. The van der Waals surface area contributed by atoms with Crippen LogP contribution < -0.4 is 5.32 Å². The number of carbonyl (C=O) groups is 1. The molecule has 0 fully saturated rings. The third-order valence-electron chi connectivity index (χ3n) is 5.24. The quantitative estimate of drug-likeness (QED) is 0.413. The summed E-state index contributed by atoms with van der Waals surface area (Å²) in [7, 11) is 2.58. The van der Waals surface area contributed by atoms with E-state index in [0.29, 0.717) is 22.4 Å². The van der Waals surface area contributed by atoms with Crippen LogP contribution in [0.15, 0.2) is 54.9 Å². The number of ether oxygens (including phenoxy) is 2. The molecular weight excluding hydrogens is 453 g/mol. The average molecular weight is 474 g/mol. The number of alkyl halides is 3. The smallest absolute Gasteiger partial charge is 0.329 e. The molecule has 9 nitrogen and oxygen atoms in total. The van der Waals surface area contributed by atoms with Crippen LogP contribution in [-0.2, 0) is 23.3 Å². The molecule has 4 aromatic rings. The molecular formula is C22H21F3N6O3. The minimum absolute atomic E-state index is 0.0238. The highest BCUT2D eigenvalue weighted by Gasteiger charge is 2.59. The molecule has 1 atom stereocenters. The number of imidazole rings is 1. The number of hydrogen-bond acceptors (Lipinski definition) is 6. The molecule has 178 valence electrons. The van der Waals surface area contributed by atoms with E-state index in [1.807, 2.05) is 12.2 Å². The van der Waals surface area contributed by atoms with Gasteiger partial charge in [-0.25, -0.2) is 9.97 Å². The fraction of sp³-hybridized carbons (Fsp3) is 0.273. The van der Waals surface area contributed by atoms with Gasteiger partial charge in [0.15, 0.2) is 5.82 Å². The van der Waals surface area contributed by atoms with E-state index in [-0.39, 0.29) is 5.56 Å². The largest absolute Gasteiger partial charge is 0.465 e. The van der Waals surface area contributed by atoms with E-state index >= 15 is 0 Å². The van der Waals surface area contributed by atoms with E-state index in [1.165, 1.54) is 35.2 Å². The van der Waals surface area contributed by atoms with Crippen molar-refractivity contribution in [2.24, 2.45) is 7.05 Å². The van der Waals surface area contributed by atoms with E-state index in [1.54, 1.807) is 36.0 Å². The second-order valence-electron chi connectivity index (χ2n) is 7.44. The Morgan fingerprint density at radius 3 is 2.50 bits per heavy atom. The number of aryl methyl sites for hydroxylation is 2. The Morgan fingerprint density at radius 1 is 1.15 bits per heavy atom. The highest BCUT2D eigenvalue weighted by atomic mass is 19.4. The summed E-state index contributed by atoms with van der Waals surface area (Å²) in [5, 5.41) is 6.14. The van der Waals surface area contributed by atoms with Crippen LogP contribution in [0.5, 0.6) is 0 Å². The van der Waals surface area contributed by atoms with Gasteiger partial charge in [0, 0.05) is 25.3 Å². The summed E-state index contributed by atoms with van der Waals surface area (Å²) in [5.74, 6) is -3.13. The molecule has 2 aromatic carbocycles. The molecule has 12 heteroatoms. The van der Waals surface area contributed by atoms with Crippen molar-refractivity contribution in [3.63, 3.8) is 0 Å². The van der Waals surface area contributed by atoms with Gasteiger partial charge in [-0.05, 0) is 37.3 Å². The Morgan fingerprint density at radius 2 is 1.88 bits per heavy atom. The highest BCUT2D eigenvalue weighted by molar-refractivity contribution is 5.94. The van der Waals surface area contributed by atoms with Crippen molar-refractivity contribution < 1.29 is 27.4 Å². The predicted octanol–water partition coefficient (Wildman–Crippen LogP) is 3.41. The van der Waals surface area contributed by atoms with Crippen LogP contribution in [0.3, 0.4) is 0 Å². The van der Waals surface area contributed by atoms with Gasteiger partial charge in [0.1, 0.15) is 12.6 Å². The van der Waals surface area contributed by atoms with Crippen LogP contribution in [0, 0.1) is 6.92 Å². The molecule has 0 aliphatic rings. The fourth-order valence-electron chi connectivity index (χ4n) is 3.28. The van der Waals surface area contributed by atoms with Gasteiger partial charge in [-0.1, -0.05) is 18.2 Å². The van der Waals surface area contributed by atoms with Gasteiger partial charge in [-0.2, -0.15) is 18.3 Å². The van der Waals surface area contributed by atoms with Gasteiger partial charge >= 0.3 is 12.1 Å². The van der Waals surface area contributed by atoms with Crippen LogP contribution in [0.25, 0.3) is 22.4 Å². The zero-order chi connectivity index (χ0) is 24.5. The molecule has 0 bridgehead atoms. The molecule has 0 saturated heterocycles. The average Bonchev–Trinajstić information content (AvgIpc) is 3.38. The van der Waals surface area contributed by atoms with Crippen LogP contribution >= 0.6 is 0 Å². The number of nitrogens with zero attached hydrogens (tertiary/aromatic N) is 5. The van der Waals surface area contributed by atoms with Gasteiger partial charge in [0.05, 0.1) is 17.4 Å². The first-order valence-electron chi connectivity index (χ1n) is 10.1. The molecule has 0 aliphatic heterocycles. The van der Waals surface area contributed by atoms with E-state index in [4.69, 9.17) is 4.74 Å². The van der Waals surface area contributed by atoms with Crippen molar-refractivity contribution >= 4 is 16.9 Å². The lowest BCUT2D eigenvalue weighted by Gasteiger charge is -2.34. The number of nitrogens with one attached hydrogen (secondary N) is 1. The summed E-state index contributed by atoms with van der Waals surface area (Å²) in [6, 6.07) is 12.6. The van der Waals surface area contributed by atoms with Crippen molar-refractivity contribution in [1.82, 2.24) is 29.6 Å². The fourth-order valence-corrected chi connectivity index (χ4v) is 3.28. The summed E-state index contributed by atoms with van der Waals surface area (Å²) >= 11 is 0. The molecule has 0 saturated carbocycles. The molecule has 2 heterocycles. The van der Waals surface area contributed by atoms with Gasteiger partial charge < -0.3 is 14.0 Å². The predicted molar refractivity (Wildman–Crippen MR) is 115 cm³/mol. The number of benzene rings is 2. The Labute approximate surface area is 192 Å². The van der Waals surface area contributed by atoms with Crippen molar-refractivity contribution in [3.05, 3.63) is 66.2 Å². The Kier molecular flexibility index (Phi) is 6.11. The molecule has 1 amide bonds. The van der Waals surface area contributed by atoms with Crippen molar-refractivity contribution in [2.45, 2.75) is 25.7 Å². The molecule has 0 aliphatic carbocycles. The van der Waals surface area contributed by atoms with Crippen LogP contribution in [0.1, 0.15) is 16.2 Å². The topological polar surface area (TPSA) is 96.1 Å². The van der Waals surface area contributed by atoms with Gasteiger partial charge in [-0.3, -0.25) is 14.8 Å². The Bertz CT molecular complexity index is 1300. The first kappa shape index (κ1) is 23.4. The highest BCUT2D eigenvalue weighted by Crippen LogP contribution is 2.33. The van der Waals surface area contributed by atoms with Crippen molar-refractivity contribution in [3.8, 4) is 11.4 Å². The van der Waals surface area contributed by atoms with Gasteiger partial charge in [-0.15, -0.1) is 0 Å². The van der Waals surface area contributed by atoms with E-state index < -0.39 is 24.7 Å². The molecule has 1 unspecified atom stereocenters. The molecule has 34 heavy (non-hydrogen) atoms. The number of carbonyl (C=O) groups excluding carboxylic acids is 1. The number of rotatable bonds is 7. The maximum atomic E-state index is 14.0. The first-order valence-corrected chi connectivity index (χ1v) is 10.1. The Balaban J connectivity index is 1.58. The molecule has 1 N–H and O–H groups in total. The SMILES string of the molecule is COC(NC(=O)c1ccccc1)(OCn1cnc2cc(-c3nc(C)n(C)n3)ccc21)C(F)(F)F. The maximum absolute atomic E-state index is 14.0. The second kappa shape index (κ2) is 8.88. The van der Waals surface area contributed by atoms with Crippen LogP contribution in [0.2, 0.25) is 0 Å². The lowest BCUT2D eigenvalue weighted by Crippen LogP contribution is -2.62. The number of hydrogen-bond donors (Lipinski definition) is 1. The standard InChI is InChI=1S/C22H21F3N6O3/c1-14-27-19(29-30(14)2)16-9-10-18-17(11-16)26-12-31(18)13-34-22(33-3,21(23,24)25)28-20(32)15-7-5-4-6-8-15/h4-12H,13H2,1-3H3,(H,28,32). The van der Waals surface area contributed by atoms with Crippen molar-refractivity contribution in [1.29, 1.82) is 0 Å². The zero-order valence-corrected chi connectivity index (χ0v) is 18.5. The maximum Gasteiger partial charge on any atom is 0.465 e. The van der Waals surface area contributed by atoms with E-state index in [9.17, 15) is 18.0 Å². The molecule has 0 spiro atoms. The van der Waals surface area contributed by atoms with Gasteiger partial charge in [0.25, 0.3) is 5.91 Å². The molecule has 2 aromatic heterocycles. The summed E-state index contributed by atoms with van der Waals surface area (Å²) in [6.07, 6.45) is -3.74. The van der Waals surface area contributed by atoms with Crippen LogP contribution in [-0.4, -0.2) is 49.4 Å². The minimum atomic E-state index is -5.07. The monoisotopic (exact) mass is 474 g/mol. The van der Waals surface area contributed by atoms with Crippen molar-refractivity contribution in [2.75, 3.05) is 7.11 Å². The number of amides is 1. The van der Waals surface area contributed by atoms with E-state index in [2.05, 4.69) is 19.8 Å². The normalized spacial score (nSPS) is 13.7. The summed E-state index contributed by atoms with van der Waals surface area (Å²) < 4.78 is 54.7. The number of fused-ring (bicyclic) bond motifs is 1. The summed E-state index contributed by atoms with van der Waals surface area (Å²) in [5.41, 5.74) is 1.75. The first-order chi connectivity index (χ1) is 16.1. The summed E-state index contributed by atoms with van der Waals surface area (Å²) in [6.45, 7) is 1.22. The van der Waals surface area contributed by atoms with Crippen LogP contribution in [0.4, 0.5) is 13.2 Å². The molecule has 0 radical (unpaired) electrons. The number of aromatic nitrogens is 5. The molecule has 4 rings (SSSR count). The third-order valence-corrected chi connectivity index (χ3v) is 5.24. The number of methoxy groups -OCH3 is 1. The third kappa shape index (κ3) is 4.37. The Hall–Kier alpha value is -3.77. The summed E-state index contributed by atoms with van der Waals surface area (Å²) in [4.78, 5) is 21.0. The lowest BCUT2D eigenvalue weighted by molar-refractivity contribution is -0.390. The lowest BCUT2D eigenvalue weighted by atomic mass is 10.2.